The molecule has 5 heteroatoms. The van der Waals surface area contributed by atoms with Crippen LogP contribution in [0.2, 0.25) is 0 Å². The van der Waals surface area contributed by atoms with Gasteiger partial charge in [0, 0.05) is 31.4 Å². The minimum Gasteiger partial charge on any atom is -0.373 e. The van der Waals surface area contributed by atoms with Crippen molar-refractivity contribution in [3.8, 4) is 0 Å². The van der Waals surface area contributed by atoms with Crippen LogP contribution in [0.4, 0.5) is 5.69 Å². The molecule has 29 heavy (non-hydrogen) atoms. The molecule has 0 aliphatic carbocycles. The van der Waals surface area contributed by atoms with Gasteiger partial charge in [-0.25, -0.2) is 0 Å². The first-order valence-corrected chi connectivity index (χ1v) is 10.8. The van der Waals surface area contributed by atoms with Crippen molar-refractivity contribution < 1.29 is 9.53 Å². The van der Waals surface area contributed by atoms with Gasteiger partial charge in [0.15, 0.2) is 0 Å². The summed E-state index contributed by atoms with van der Waals surface area (Å²) in [6.45, 7) is 4.31. The molecule has 0 bridgehead atoms. The van der Waals surface area contributed by atoms with Crippen LogP contribution in [0.1, 0.15) is 30.0 Å². The fraction of sp³-hybridized carbons (Fsp3) is 0.458. The van der Waals surface area contributed by atoms with Gasteiger partial charge in [0.2, 0.25) is 5.91 Å². The molecule has 3 unspecified atom stereocenters. The van der Waals surface area contributed by atoms with E-state index in [9.17, 15) is 4.79 Å². The van der Waals surface area contributed by atoms with E-state index in [4.69, 9.17) is 4.74 Å². The smallest absolute Gasteiger partial charge is 0.247 e. The molecule has 0 spiro atoms. The first kappa shape index (κ1) is 18.6. The molecule has 0 aromatic heterocycles. The SMILES string of the molecule is O=C(NCC1CN2CCCC2CO1)C(c1ccccc1)N1CCc2ccccc21. The van der Waals surface area contributed by atoms with Crippen LogP contribution in [0.3, 0.4) is 0 Å². The van der Waals surface area contributed by atoms with Gasteiger partial charge in [0.05, 0.1) is 12.7 Å². The molecule has 1 amide bonds. The van der Waals surface area contributed by atoms with E-state index in [2.05, 4.69) is 51.5 Å². The summed E-state index contributed by atoms with van der Waals surface area (Å²) in [6, 6.07) is 18.8. The molecule has 3 aliphatic rings. The Morgan fingerprint density at radius 1 is 1.10 bits per heavy atom. The fourth-order valence-corrected chi connectivity index (χ4v) is 5.06. The highest BCUT2D eigenvalue weighted by molar-refractivity contribution is 5.87. The van der Waals surface area contributed by atoms with Crippen LogP contribution in [0, 0.1) is 0 Å². The highest BCUT2D eigenvalue weighted by Gasteiger charge is 2.35. The van der Waals surface area contributed by atoms with Gasteiger partial charge in [-0.1, -0.05) is 48.5 Å². The summed E-state index contributed by atoms with van der Waals surface area (Å²) >= 11 is 0. The number of hydrogen-bond acceptors (Lipinski definition) is 4. The number of carbonyl (C=O) groups is 1. The molecule has 152 valence electrons. The molecule has 2 aromatic carbocycles. The van der Waals surface area contributed by atoms with E-state index in [0.717, 1.165) is 38.2 Å². The second-order valence-electron chi connectivity index (χ2n) is 8.38. The third kappa shape index (κ3) is 3.77. The second kappa shape index (κ2) is 8.17. The molecule has 3 heterocycles. The maximum absolute atomic E-state index is 13.4. The lowest BCUT2D eigenvalue weighted by Gasteiger charge is -2.36. The van der Waals surface area contributed by atoms with Crippen molar-refractivity contribution in [1.29, 1.82) is 0 Å². The van der Waals surface area contributed by atoms with E-state index >= 15 is 0 Å². The molecular weight excluding hydrogens is 362 g/mol. The number of para-hydroxylation sites is 1. The number of hydrogen-bond donors (Lipinski definition) is 1. The number of rotatable bonds is 5. The minimum atomic E-state index is -0.317. The minimum absolute atomic E-state index is 0.0556. The van der Waals surface area contributed by atoms with Crippen molar-refractivity contribution in [2.24, 2.45) is 0 Å². The number of nitrogens with zero attached hydrogens (tertiary/aromatic N) is 2. The molecule has 2 fully saturated rings. The largest absolute Gasteiger partial charge is 0.373 e. The number of ether oxygens (including phenoxy) is 1. The van der Waals surface area contributed by atoms with Crippen LogP contribution in [0.5, 0.6) is 0 Å². The standard InChI is InChI=1S/C24H29N3O2/c28-24(25-15-21-16-26-13-6-10-20(26)17-29-21)23(19-8-2-1-3-9-19)27-14-12-18-7-4-5-11-22(18)27/h1-5,7-9,11,20-21,23H,6,10,12-17H2,(H,25,28). The Kier molecular flexibility index (Phi) is 5.25. The molecule has 5 nitrogen and oxygen atoms in total. The Morgan fingerprint density at radius 2 is 1.93 bits per heavy atom. The van der Waals surface area contributed by atoms with Crippen molar-refractivity contribution in [1.82, 2.24) is 10.2 Å². The molecular formula is C24H29N3O2. The third-order valence-electron chi connectivity index (χ3n) is 6.56. The van der Waals surface area contributed by atoms with Gasteiger partial charge in [0.1, 0.15) is 6.04 Å². The first-order chi connectivity index (χ1) is 14.3. The van der Waals surface area contributed by atoms with Gasteiger partial charge in [-0.3, -0.25) is 9.69 Å². The molecule has 2 aromatic rings. The predicted molar refractivity (Wildman–Crippen MR) is 114 cm³/mol. The number of nitrogens with one attached hydrogen (secondary N) is 1. The number of anilines is 1. The quantitative estimate of drug-likeness (QED) is 0.851. The number of amides is 1. The van der Waals surface area contributed by atoms with Gasteiger partial charge in [0.25, 0.3) is 0 Å². The summed E-state index contributed by atoms with van der Waals surface area (Å²) in [5, 5.41) is 3.21. The Balaban J connectivity index is 1.31. The summed E-state index contributed by atoms with van der Waals surface area (Å²) in [5.41, 5.74) is 3.52. The summed E-state index contributed by atoms with van der Waals surface area (Å²) in [6.07, 6.45) is 3.56. The Morgan fingerprint density at radius 3 is 2.83 bits per heavy atom. The summed E-state index contributed by atoms with van der Waals surface area (Å²) in [4.78, 5) is 18.2. The summed E-state index contributed by atoms with van der Waals surface area (Å²) < 4.78 is 6.04. The lowest BCUT2D eigenvalue weighted by atomic mass is 10.0. The highest BCUT2D eigenvalue weighted by Crippen LogP contribution is 2.35. The number of fused-ring (bicyclic) bond motifs is 2. The average Bonchev–Trinajstić information content (AvgIpc) is 3.40. The molecule has 2 saturated heterocycles. The topological polar surface area (TPSA) is 44.8 Å². The van der Waals surface area contributed by atoms with E-state index in [-0.39, 0.29) is 18.1 Å². The Labute approximate surface area is 172 Å². The van der Waals surface area contributed by atoms with Crippen molar-refractivity contribution >= 4 is 11.6 Å². The molecule has 3 atom stereocenters. The van der Waals surface area contributed by atoms with Gasteiger partial charge < -0.3 is 15.0 Å². The summed E-state index contributed by atoms with van der Waals surface area (Å²) in [7, 11) is 0. The molecule has 3 aliphatic heterocycles. The lowest BCUT2D eigenvalue weighted by Crippen LogP contribution is -2.51. The second-order valence-corrected chi connectivity index (χ2v) is 8.38. The fourth-order valence-electron chi connectivity index (χ4n) is 5.06. The molecule has 5 rings (SSSR count). The van der Waals surface area contributed by atoms with Crippen LogP contribution in [-0.4, -0.2) is 55.7 Å². The van der Waals surface area contributed by atoms with Gasteiger partial charge in [-0.15, -0.1) is 0 Å². The summed E-state index contributed by atoms with van der Waals surface area (Å²) in [5.74, 6) is 0.0556. The zero-order valence-electron chi connectivity index (χ0n) is 16.8. The van der Waals surface area contributed by atoms with E-state index < -0.39 is 0 Å². The van der Waals surface area contributed by atoms with Crippen LogP contribution in [0.25, 0.3) is 0 Å². The van der Waals surface area contributed by atoms with Crippen molar-refractivity contribution in [3.63, 3.8) is 0 Å². The van der Waals surface area contributed by atoms with E-state index in [1.807, 2.05) is 18.2 Å². The Hall–Kier alpha value is -2.37. The average molecular weight is 392 g/mol. The number of carbonyl (C=O) groups excluding carboxylic acids is 1. The number of morpholine rings is 1. The Bertz CT molecular complexity index is 856. The van der Waals surface area contributed by atoms with Gasteiger partial charge in [-0.2, -0.15) is 0 Å². The van der Waals surface area contributed by atoms with Crippen LogP contribution in [-0.2, 0) is 16.0 Å². The molecule has 0 radical (unpaired) electrons. The van der Waals surface area contributed by atoms with E-state index in [1.54, 1.807) is 0 Å². The van der Waals surface area contributed by atoms with Crippen LogP contribution in [0.15, 0.2) is 54.6 Å². The van der Waals surface area contributed by atoms with Crippen LogP contribution >= 0.6 is 0 Å². The van der Waals surface area contributed by atoms with Crippen LogP contribution < -0.4 is 10.2 Å². The maximum atomic E-state index is 13.4. The predicted octanol–water partition coefficient (Wildman–Crippen LogP) is 2.77. The van der Waals surface area contributed by atoms with E-state index in [1.165, 1.54) is 24.1 Å². The first-order valence-electron chi connectivity index (χ1n) is 10.8. The normalized spacial score (nSPS) is 24.8. The number of benzene rings is 2. The van der Waals surface area contributed by atoms with Gasteiger partial charge >= 0.3 is 0 Å². The van der Waals surface area contributed by atoms with Crippen molar-refractivity contribution in [3.05, 3.63) is 65.7 Å². The van der Waals surface area contributed by atoms with Gasteiger partial charge in [-0.05, 0) is 43.0 Å². The highest BCUT2D eigenvalue weighted by atomic mass is 16.5. The monoisotopic (exact) mass is 391 g/mol. The zero-order chi connectivity index (χ0) is 19.6. The molecule has 0 saturated carbocycles. The maximum Gasteiger partial charge on any atom is 0.247 e. The van der Waals surface area contributed by atoms with Crippen molar-refractivity contribution in [2.75, 3.05) is 37.7 Å². The lowest BCUT2D eigenvalue weighted by molar-refractivity contribution is -0.124. The van der Waals surface area contributed by atoms with E-state index in [0.29, 0.717) is 12.6 Å². The zero-order valence-corrected chi connectivity index (χ0v) is 16.8. The van der Waals surface area contributed by atoms with Crippen molar-refractivity contribution in [2.45, 2.75) is 37.5 Å². The third-order valence-corrected chi connectivity index (χ3v) is 6.56. The molecule has 1 N–H and O–H groups in total.